The maximum atomic E-state index is 5.90. The van der Waals surface area contributed by atoms with Crippen LogP contribution in [0.1, 0.15) is 75.9 Å². The number of hydrogen-bond donors (Lipinski definition) is 0. The van der Waals surface area contributed by atoms with Gasteiger partial charge >= 0.3 is 0 Å². The van der Waals surface area contributed by atoms with Gasteiger partial charge in [0.05, 0.1) is 12.6 Å². The van der Waals surface area contributed by atoms with Gasteiger partial charge < -0.3 is 9.64 Å². The molecule has 3 rings (SSSR count). The summed E-state index contributed by atoms with van der Waals surface area (Å²) in [4.78, 5) is 2.60. The Morgan fingerprint density at radius 1 is 1.04 bits per heavy atom. The molecule has 0 aromatic carbocycles. The second-order valence-electron chi connectivity index (χ2n) is 7.32. The van der Waals surface area contributed by atoms with Crippen LogP contribution in [0.4, 0.5) is 0 Å². The fourth-order valence-electron chi connectivity index (χ4n) is 4.02. The van der Waals surface area contributed by atoms with Crippen molar-refractivity contribution in [2.24, 2.45) is 0 Å². The van der Waals surface area contributed by atoms with Gasteiger partial charge in [-0.05, 0) is 65.1 Å². The average molecular weight is 319 g/mol. The van der Waals surface area contributed by atoms with Crippen LogP contribution in [0.5, 0.6) is 5.88 Å². The second kappa shape index (κ2) is 8.72. The third kappa shape index (κ3) is 4.97. The van der Waals surface area contributed by atoms with Crippen LogP contribution < -0.4 is 4.74 Å². The largest absolute Gasteiger partial charge is 0.477 e. The number of nitrogens with zero attached hydrogens (tertiary/aromatic N) is 3. The Kier molecular flexibility index (Phi) is 6.37. The molecule has 1 aliphatic carbocycles. The molecule has 4 nitrogen and oxygen atoms in total. The lowest BCUT2D eigenvalue weighted by molar-refractivity contribution is 0.214. The van der Waals surface area contributed by atoms with Gasteiger partial charge in [0.1, 0.15) is 0 Å². The van der Waals surface area contributed by atoms with Crippen LogP contribution in [-0.4, -0.2) is 40.9 Å². The van der Waals surface area contributed by atoms with Crippen molar-refractivity contribution in [3.63, 3.8) is 0 Å². The summed E-state index contributed by atoms with van der Waals surface area (Å²) in [5.41, 5.74) is 1.25. The highest BCUT2D eigenvalue weighted by atomic mass is 16.5. The zero-order chi connectivity index (χ0) is 15.9. The summed E-state index contributed by atoms with van der Waals surface area (Å²) in [7, 11) is 0. The molecular formula is C19H33N3O. The molecule has 1 aromatic rings. The van der Waals surface area contributed by atoms with Gasteiger partial charge in [0.25, 0.3) is 0 Å². The minimum Gasteiger partial charge on any atom is -0.477 e. The Hall–Kier alpha value is -1.03. The summed E-state index contributed by atoms with van der Waals surface area (Å²) < 4.78 is 8.11. The van der Waals surface area contributed by atoms with E-state index >= 15 is 0 Å². The maximum absolute atomic E-state index is 5.90. The van der Waals surface area contributed by atoms with Gasteiger partial charge in [0, 0.05) is 11.8 Å². The molecule has 1 saturated heterocycles. The van der Waals surface area contributed by atoms with E-state index in [1.807, 2.05) is 0 Å². The standard InChI is InChI=1S/C19H33N3O/c1-17-16-19(20-22(17)18-10-4-2-5-11-18)23-15-9-8-14-21-12-6-3-7-13-21/h16,18H,2-15H2,1H3. The Bertz CT molecular complexity index is 459. The number of aryl methyl sites for hydroxylation is 1. The van der Waals surface area contributed by atoms with E-state index in [4.69, 9.17) is 9.84 Å². The van der Waals surface area contributed by atoms with Crippen LogP contribution in [0.2, 0.25) is 0 Å². The fraction of sp³-hybridized carbons (Fsp3) is 0.842. The molecule has 0 N–H and O–H groups in total. The maximum Gasteiger partial charge on any atom is 0.233 e. The van der Waals surface area contributed by atoms with Gasteiger partial charge in [-0.3, -0.25) is 4.68 Å². The van der Waals surface area contributed by atoms with Crippen molar-refractivity contribution in [1.29, 1.82) is 0 Å². The van der Waals surface area contributed by atoms with Crippen LogP contribution in [0.25, 0.3) is 0 Å². The zero-order valence-electron chi connectivity index (χ0n) is 14.8. The number of unbranched alkanes of at least 4 members (excludes halogenated alkanes) is 1. The summed E-state index contributed by atoms with van der Waals surface area (Å²) >= 11 is 0. The molecule has 1 aromatic heterocycles. The fourth-order valence-corrected chi connectivity index (χ4v) is 4.02. The first kappa shape index (κ1) is 16.8. The minimum absolute atomic E-state index is 0.597. The van der Waals surface area contributed by atoms with Crippen molar-refractivity contribution in [2.75, 3.05) is 26.2 Å². The average Bonchev–Trinajstić information content (AvgIpc) is 2.97. The van der Waals surface area contributed by atoms with Gasteiger partial charge in [-0.15, -0.1) is 5.10 Å². The number of piperidine rings is 1. The van der Waals surface area contributed by atoms with Gasteiger partial charge in [-0.2, -0.15) is 0 Å². The molecular weight excluding hydrogens is 286 g/mol. The zero-order valence-corrected chi connectivity index (χ0v) is 14.8. The van der Waals surface area contributed by atoms with E-state index in [1.165, 1.54) is 83.1 Å². The predicted molar refractivity (Wildman–Crippen MR) is 94.1 cm³/mol. The van der Waals surface area contributed by atoms with Crippen molar-refractivity contribution in [3.8, 4) is 5.88 Å². The second-order valence-corrected chi connectivity index (χ2v) is 7.32. The van der Waals surface area contributed by atoms with Crippen molar-refractivity contribution in [1.82, 2.24) is 14.7 Å². The van der Waals surface area contributed by atoms with E-state index in [9.17, 15) is 0 Å². The smallest absolute Gasteiger partial charge is 0.233 e. The SMILES string of the molecule is Cc1cc(OCCCCN2CCCCC2)nn1C1CCCCC1. The Balaban J connectivity index is 1.36. The lowest BCUT2D eigenvalue weighted by Crippen LogP contribution is -2.30. The molecule has 130 valence electrons. The topological polar surface area (TPSA) is 30.3 Å². The minimum atomic E-state index is 0.597. The summed E-state index contributed by atoms with van der Waals surface area (Å²) in [5.74, 6) is 0.825. The summed E-state index contributed by atoms with van der Waals surface area (Å²) in [6.45, 7) is 6.79. The van der Waals surface area contributed by atoms with Crippen LogP contribution in [0.3, 0.4) is 0 Å². The Morgan fingerprint density at radius 3 is 2.57 bits per heavy atom. The van der Waals surface area contributed by atoms with E-state index in [1.54, 1.807) is 0 Å². The molecule has 2 heterocycles. The molecule has 0 unspecified atom stereocenters. The van der Waals surface area contributed by atoms with Crippen molar-refractivity contribution < 1.29 is 4.74 Å². The van der Waals surface area contributed by atoms with Crippen LogP contribution in [0, 0.1) is 6.92 Å². The summed E-state index contributed by atoms with van der Waals surface area (Å²) in [6, 6.07) is 2.71. The van der Waals surface area contributed by atoms with E-state index in [2.05, 4.69) is 22.6 Å². The first-order valence-electron chi connectivity index (χ1n) is 9.74. The number of aromatic nitrogens is 2. The van der Waals surface area contributed by atoms with Crippen molar-refractivity contribution in [2.45, 2.75) is 77.2 Å². The molecule has 2 aliphatic rings. The predicted octanol–water partition coefficient (Wildman–Crippen LogP) is 4.34. The number of ether oxygens (including phenoxy) is 1. The van der Waals surface area contributed by atoms with Gasteiger partial charge in [0.15, 0.2) is 0 Å². The molecule has 0 atom stereocenters. The monoisotopic (exact) mass is 319 g/mol. The first-order valence-corrected chi connectivity index (χ1v) is 9.74. The third-order valence-electron chi connectivity index (χ3n) is 5.39. The van der Waals surface area contributed by atoms with E-state index in [0.717, 1.165) is 18.9 Å². The quantitative estimate of drug-likeness (QED) is 0.700. The van der Waals surface area contributed by atoms with Crippen LogP contribution >= 0.6 is 0 Å². The highest BCUT2D eigenvalue weighted by Crippen LogP contribution is 2.29. The van der Waals surface area contributed by atoms with Crippen LogP contribution in [-0.2, 0) is 0 Å². The lowest BCUT2D eigenvalue weighted by Gasteiger charge is -2.26. The number of rotatable bonds is 7. The highest BCUT2D eigenvalue weighted by molar-refractivity contribution is 5.15. The molecule has 0 radical (unpaired) electrons. The van der Waals surface area contributed by atoms with E-state index < -0.39 is 0 Å². The van der Waals surface area contributed by atoms with E-state index in [0.29, 0.717) is 6.04 Å². The van der Waals surface area contributed by atoms with Gasteiger partial charge in [0.2, 0.25) is 5.88 Å². The molecule has 23 heavy (non-hydrogen) atoms. The Morgan fingerprint density at radius 2 is 1.78 bits per heavy atom. The van der Waals surface area contributed by atoms with Gasteiger partial charge in [-0.25, -0.2) is 0 Å². The van der Waals surface area contributed by atoms with Crippen molar-refractivity contribution >= 4 is 0 Å². The molecule has 2 fully saturated rings. The number of hydrogen-bond acceptors (Lipinski definition) is 3. The first-order chi connectivity index (χ1) is 11.3. The lowest BCUT2D eigenvalue weighted by atomic mass is 9.95. The molecule has 4 heteroatoms. The van der Waals surface area contributed by atoms with Gasteiger partial charge in [-0.1, -0.05) is 25.7 Å². The molecule has 0 bridgehead atoms. The molecule has 1 aliphatic heterocycles. The van der Waals surface area contributed by atoms with Crippen LogP contribution in [0.15, 0.2) is 6.07 Å². The Labute approximate surface area is 141 Å². The third-order valence-corrected chi connectivity index (χ3v) is 5.39. The van der Waals surface area contributed by atoms with Crippen molar-refractivity contribution in [3.05, 3.63) is 11.8 Å². The summed E-state index contributed by atoms with van der Waals surface area (Å²) in [6.07, 6.45) is 13.2. The molecule has 0 amide bonds. The summed E-state index contributed by atoms with van der Waals surface area (Å²) in [5, 5.41) is 4.70. The molecule has 1 saturated carbocycles. The normalized spacial score (nSPS) is 20.7. The van der Waals surface area contributed by atoms with E-state index in [-0.39, 0.29) is 0 Å². The highest BCUT2D eigenvalue weighted by Gasteiger charge is 2.18. The number of likely N-dealkylation sites (tertiary alicyclic amines) is 1. The molecule has 0 spiro atoms.